The first-order valence-electron chi connectivity index (χ1n) is 8.37. The summed E-state index contributed by atoms with van der Waals surface area (Å²) in [6.45, 7) is 0. The van der Waals surface area contributed by atoms with Crippen LogP contribution < -0.4 is 4.74 Å². The van der Waals surface area contributed by atoms with Gasteiger partial charge in [-0.3, -0.25) is 14.9 Å². The van der Waals surface area contributed by atoms with Crippen molar-refractivity contribution in [1.82, 2.24) is 0 Å². The maximum atomic E-state index is 12.6. The van der Waals surface area contributed by atoms with Crippen LogP contribution in [-0.4, -0.2) is 21.8 Å². The number of carbonyl (C=O) groups is 2. The number of nitro groups is 1. The van der Waals surface area contributed by atoms with Gasteiger partial charge in [-0.1, -0.05) is 6.08 Å². The van der Waals surface area contributed by atoms with E-state index in [0.29, 0.717) is 11.1 Å². The molecule has 0 saturated carbocycles. The van der Waals surface area contributed by atoms with Gasteiger partial charge in [0.2, 0.25) is 0 Å². The van der Waals surface area contributed by atoms with E-state index in [0.717, 1.165) is 0 Å². The molecule has 8 heteroatoms. The van der Waals surface area contributed by atoms with Crippen molar-refractivity contribution in [3.8, 4) is 11.5 Å². The molecule has 5 rings (SSSR count). The zero-order chi connectivity index (χ0) is 19.6. The van der Waals surface area contributed by atoms with Crippen molar-refractivity contribution in [3.05, 3.63) is 87.2 Å². The predicted octanol–water partition coefficient (Wildman–Crippen LogP) is 2.75. The van der Waals surface area contributed by atoms with Gasteiger partial charge in [0.05, 0.1) is 16.4 Å². The third-order valence-corrected chi connectivity index (χ3v) is 5.16. The molecule has 2 heterocycles. The highest BCUT2D eigenvalue weighted by atomic mass is 16.6. The van der Waals surface area contributed by atoms with Crippen molar-refractivity contribution in [3.63, 3.8) is 0 Å². The number of hydrogen-bond acceptors (Lipinski definition) is 7. The van der Waals surface area contributed by atoms with Crippen LogP contribution in [-0.2, 0) is 15.1 Å². The Morgan fingerprint density at radius 2 is 1.93 bits per heavy atom. The number of nitrogens with zero attached hydrogens (tertiary/aromatic N) is 1. The summed E-state index contributed by atoms with van der Waals surface area (Å²) in [6, 6.07) is 8.23. The summed E-state index contributed by atoms with van der Waals surface area (Å²) in [4.78, 5) is 35.3. The predicted molar refractivity (Wildman–Crippen MR) is 93.7 cm³/mol. The number of nitro benzene ring substituents is 1. The SMILES string of the molecule is O=C1C=C[C@@H]2C(=C1)Oc1cc(O)ccc1[C@]21OC(=O)c2ccc([N+](=O)[O-])cc21. The van der Waals surface area contributed by atoms with Gasteiger partial charge in [-0.15, -0.1) is 0 Å². The fraction of sp³-hybridized carbons (Fsp3) is 0.100. The molecule has 0 saturated heterocycles. The fourth-order valence-corrected chi connectivity index (χ4v) is 4.01. The number of fused-ring (bicyclic) bond motifs is 6. The molecule has 0 amide bonds. The monoisotopic (exact) mass is 377 g/mol. The van der Waals surface area contributed by atoms with E-state index in [4.69, 9.17) is 9.47 Å². The van der Waals surface area contributed by atoms with E-state index in [9.17, 15) is 24.8 Å². The molecule has 2 atom stereocenters. The number of esters is 1. The molecule has 1 aliphatic carbocycles. The Morgan fingerprint density at radius 3 is 2.71 bits per heavy atom. The molecule has 2 aliphatic heterocycles. The second-order valence-corrected chi connectivity index (χ2v) is 6.68. The van der Waals surface area contributed by atoms with Crippen molar-refractivity contribution in [2.45, 2.75) is 5.60 Å². The van der Waals surface area contributed by atoms with Crippen molar-refractivity contribution in [2.24, 2.45) is 5.92 Å². The molecule has 1 spiro atoms. The van der Waals surface area contributed by atoms with Crippen molar-refractivity contribution in [1.29, 1.82) is 0 Å². The molecule has 0 unspecified atom stereocenters. The number of non-ortho nitro benzene ring substituents is 1. The zero-order valence-corrected chi connectivity index (χ0v) is 14.1. The van der Waals surface area contributed by atoms with Crippen LogP contribution in [0, 0.1) is 16.0 Å². The molecule has 1 N–H and O–H groups in total. The molecule has 0 fully saturated rings. The van der Waals surface area contributed by atoms with Crippen LogP contribution in [0.3, 0.4) is 0 Å². The minimum Gasteiger partial charge on any atom is -0.508 e. The van der Waals surface area contributed by atoms with E-state index in [1.807, 2.05) is 0 Å². The lowest BCUT2D eigenvalue weighted by Crippen LogP contribution is -2.42. The van der Waals surface area contributed by atoms with Gasteiger partial charge in [0.25, 0.3) is 5.69 Å². The Balaban J connectivity index is 1.86. The lowest BCUT2D eigenvalue weighted by atomic mass is 9.71. The fourth-order valence-electron chi connectivity index (χ4n) is 4.01. The zero-order valence-electron chi connectivity index (χ0n) is 14.1. The van der Waals surface area contributed by atoms with Crippen molar-refractivity contribution in [2.75, 3.05) is 0 Å². The van der Waals surface area contributed by atoms with E-state index < -0.39 is 22.4 Å². The second-order valence-electron chi connectivity index (χ2n) is 6.68. The highest BCUT2D eigenvalue weighted by Crippen LogP contribution is 2.57. The highest BCUT2D eigenvalue weighted by Gasteiger charge is 2.58. The van der Waals surface area contributed by atoms with Crippen molar-refractivity contribution < 1.29 is 29.1 Å². The summed E-state index contributed by atoms with van der Waals surface area (Å²) in [5.74, 6) is -1.25. The topological polar surface area (TPSA) is 116 Å². The average molecular weight is 377 g/mol. The number of aromatic hydroxyl groups is 1. The summed E-state index contributed by atoms with van der Waals surface area (Å²) in [5.41, 5.74) is -0.681. The largest absolute Gasteiger partial charge is 0.508 e. The second kappa shape index (κ2) is 5.29. The molecule has 0 bridgehead atoms. The van der Waals surface area contributed by atoms with Crippen LogP contribution in [0.5, 0.6) is 11.5 Å². The molecule has 138 valence electrons. The van der Waals surface area contributed by atoms with Gasteiger partial charge < -0.3 is 14.6 Å². The standard InChI is InChI=1S/C20H11NO7/c22-11-2-5-14-17(8-11)27-18-9-12(23)3-6-15(18)20(14)16-7-10(21(25)26)1-4-13(16)19(24)28-20/h1-9,14,23H/t14-,20-/m1/s1. The number of phenolic OH excluding ortho intramolecular Hbond substituents is 1. The molecule has 0 aromatic heterocycles. The Morgan fingerprint density at radius 1 is 1.11 bits per heavy atom. The van der Waals surface area contributed by atoms with Gasteiger partial charge in [-0.25, -0.2) is 4.79 Å². The minimum atomic E-state index is -1.44. The molecule has 8 nitrogen and oxygen atoms in total. The number of allylic oxidation sites excluding steroid dienone is 2. The molecule has 28 heavy (non-hydrogen) atoms. The average Bonchev–Trinajstić information content (AvgIpc) is 2.94. The Bertz CT molecular complexity index is 1160. The summed E-state index contributed by atoms with van der Waals surface area (Å²) >= 11 is 0. The number of carbonyl (C=O) groups excluding carboxylic acids is 2. The van der Waals surface area contributed by atoms with Crippen LogP contribution >= 0.6 is 0 Å². The van der Waals surface area contributed by atoms with E-state index in [2.05, 4.69) is 0 Å². The van der Waals surface area contributed by atoms with Gasteiger partial charge in [0.1, 0.15) is 17.3 Å². The van der Waals surface area contributed by atoms with Gasteiger partial charge in [0.15, 0.2) is 11.4 Å². The van der Waals surface area contributed by atoms with Gasteiger partial charge in [-0.2, -0.15) is 0 Å². The first-order chi connectivity index (χ1) is 13.4. The molecular weight excluding hydrogens is 366 g/mol. The summed E-state index contributed by atoms with van der Waals surface area (Å²) in [6.07, 6.45) is 4.19. The smallest absolute Gasteiger partial charge is 0.339 e. The Hall–Kier alpha value is -3.94. The number of benzene rings is 2. The van der Waals surface area contributed by atoms with E-state index in [1.165, 1.54) is 42.5 Å². The number of ketones is 1. The summed E-state index contributed by atoms with van der Waals surface area (Å²) in [7, 11) is 0. The lowest BCUT2D eigenvalue weighted by Gasteiger charge is -2.42. The summed E-state index contributed by atoms with van der Waals surface area (Å²) in [5, 5.41) is 21.2. The molecule has 0 radical (unpaired) electrons. The maximum absolute atomic E-state index is 12.6. The van der Waals surface area contributed by atoms with Crippen LogP contribution in [0.4, 0.5) is 5.69 Å². The molecular formula is C20H11NO7. The Kier molecular flexibility index (Phi) is 3.07. The quantitative estimate of drug-likeness (QED) is 0.461. The van der Waals surface area contributed by atoms with Gasteiger partial charge in [-0.05, 0) is 24.3 Å². The van der Waals surface area contributed by atoms with Gasteiger partial charge in [0, 0.05) is 35.4 Å². The number of hydrogen-bond donors (Lipinski definition) is 1. The third-order valence-electron chi connectivity index (χ3n) is 5.16. The molecule has 2 aromatic rings. The maximum Gasteiger partial charge on any atom is 0.339 e. The highest BCUT2D eigenvalue weighted by molar-refractivity contribution is 6.01. The third kappa shape index (κ3) is 1.99. The lowest BCUT2D eigenvalue weighted by molar-refractivity contribution is -0.385. The van der Waals surface area contributed by atoms with E-state index in [1.54, 1.807) is 12.1 Å². The number of rotatable bonds is 1. The van der Waals surface area contributed by atoms with Crippen LogP contribution in [0.1, 0.15) is 21.5 Å². The van der Waals surface area contributed by atoms with E-state index in [-0.39, 0.29) is 34.3 Å². The van der Waals surface area contributed by atoms with E-state index >= 15 is 0 Å². The normalized spacial score (nSPS) is 24.0. The first-order valence-corrected chi connectivity index (χ1v) is 8.37. The Labute approximate surface area is 157 Å². The number of ether oxygens (including phenoxy) is 2. The minimum absolute atomic E-state index is 0.0748. The summed E-state index contributed by atoms with van der Waals surface area (Å²) < 4.78 is 11.6. The van der Waals surface area contributed by atoms with Crippen LogP contribution in [0.2, 0.25) is 0 Å². The molecule has 2 aromatic carbocycles. The first kappa shape index (κ1) is 16.2. The number of phenols is 1. The van der Waals surface area contributed by atoms with Crippen molar-refractivity contribution >= 4 is 17.4 Å². The molecule has 3 aliphatic rings. The van der Waals surface area contributed by atoms with Gasteiger partial charge >= 0.3 is 5.97 Å². The van der Waals surface area contributed by atoms with Crippen LogP contribution in [0.15, 0.2) is 60.4 Å². The van der Waals surface area contributed by atoms with Crippen LogP contribution in [0.25, 0.3) is 0 Å².